The maximum Gasteiger partial charge on any atom is 0.273 e. The molecule has 0 bridgehead atoms. The average Bonchev–Trinajstić information content (AvgIpc) is 3.04. The average molecular weight is 308 g/mol. The molecule has 2 aromatic rings. The highest BCUT2D eigenvalue weighted by Gasteiger charge is 2.39. The number of aromatic hydroxyl groups is 1. The van der Waals surface area contributed by atoms with Crippen LogP contribution in [0.2, 0.25) is 0 Å². The summed E-state index contributed by atoms with van der Waals surface area (Å²) >= 11 is 0. The molecule has 2 aromatic carbocycles. The molecule has 0 fully saturated rings. The molecule has 2 aliphatic rings. The van der Waals surface area contributed by atoms with Crippen LogP contribution in [0.5, 0.6) is 5.75 Å². The van der Waals surface area contributed by atoms with E-state index in [1.54, 1.807) is 6.07 Å². The first kappa shape index (κ1) is 13.8. The molecule has 2 N–H and O–H groups in total. The normalized spacial score (nSPS) is 24.6. The van der Waals surface area contributed by atoms with E-state index in [2.05, 4.69) is 29.6 Å². The number of phenols is 1. The number of hydrogen-bond acceptors (Lipinski definition) is 4. The van der Waals surface area contributed by atoms with Crippen molar-refractivity contribution in [2.75, 3.05) is 5.32 Å². The molecule has 1 heterocycles. The van der Waals surface area contributed by atoms with Crippen LogP contribution in [0.1, 0.15) is 29.5 Å². The Bertz CT molecular complexity index is 801. The molecule has 1 aliphatic heterocycles. The fraction of sp³-hybridized carbons (Fsp3) is 0.222. The monoisotopic (exact) mass is 308 g/mol. The summed E-state index contributed by atoms with van der Waals surface area (Å²) in [4.78, 5) is 10.6. The number of rotatable bonds is 2. The van der Waals surface area contributed by atoms with Gasteiger partial charge in [-0.05, 0) is 23.5 Å². The molecule has 3 unspecified atom stereocenters. The van der Waals surface area contributed by atoms with Crippen LogP contribution in [0.25, 0.3) is 0 Å². The fourth-order valence-corrected chi connectivity index (χ4v) is 3.76. The first-order valence-corrected chi connectivity index (χ1v) is 7.64. The summed E-state index contributed by atoms with van der Waals surface area (Å²) in [5.41, 5.74) is 2.51. The molecule has 116 valence electrons. The van der Waals surface area contributed by atoms with E-state index in [4.69, 9.17) is 0 Å². The summed E-state index contributed by atoms with van der Waals surface area (Å²) in [5, 5.41) is 24.8. The zero-order valence-electron chi connectivity index (χ0n) is 12.3. The van der Waals surface area contributed by atoms with Gasteiger partial charge in [0.05, 0.1) is 22.7 Å². The lowest BCUT2D eigenvalue weighted by molar-refractivity contribution is -0.385. The van der Waals surface area contributed by atoms with E-state index < -0.39 is 4.92 Å². The van der Waals surface area contributed by atoms with Crippen LogP contribution in [-0.4, -0.2) is 10.0 Å². The number of nitro groups is 1. The van der Waals surface area contributed by atoms with E-state index in [9.17, 15) is 15.2 Å². The van der Waals surface area contributed by atoms with Gasteiger partial charge in [-0.15, -0.1) is 0 Å². The standard InChI is InChI=1S/C18H16N2O3/c21-16-10-12(20(22)23)9-15-13-7-4-8-14(13)17(19-18(15)16)11-5-2-1-3-6-11/h1-7,9-10,13-14,17,19,21H,8H2. The molecule has 1 aliphatic carbocycles. The number of allylic oxidation sites excluding steroid dienone is 2. The van der Waals surface area contributed by atoms with E-state index in [1.165, 1.54) is 6.07 Å². The van der Waals surface area contributed by atoms with Crippen molar-refractivity contribution < 1.29 is 10.0 Å². The third kappa shape index (κ3) is 2.16. The molecule has 3 atom stereocenters. The Kier molecular flexibility index (Phi) is 3.08. The van der Waals surface area contributed by atoms with Gasteiger partial charge >= 0.3 is 0 Å². The summed E-state index contributed by atoms with van der Waals surface area (Å²) in [6.07, 6.45) is 5.14. The quantitative estimate of drug-likeness (QED) is 0.378. The van der Waals surface area contributed by atoms with Gasteiger partial charge in [0.25, 0.3) is 5.69 Å². The number of hydrogen-bond donors (Lipinski definition) is 2. The van der Waals surface area contributed by atoms with Crippen molar-refractivity contribution in [2.24, 2.45) is 5.92 Å². The van der Waals surface area contributed by atoms with Crippen molar-refractivity contribution in [1.29, 1.82) is 0 Å². The lowest BCUT2D eigenvalue weighted by Crippen LogP contribution is -2.29. The number of anilines is 1. The summed E-state index contributed by atoms with van der Waals surface area (Å²) in [5.74, 6) is 0.322. The summed E-state index contributed by atoms with van der Waals surface area (Å²) in [6, 6.07) is 13.0. The molecule has 0 saturated heterocycles. The van der Waals surface area contributed by atoms with Gasteiger partial charge in [-0.1, -0.05) is 42.5 Å². The van der Waals surface area contributed by atoms with Crippen LogP contribution in [0.15, 0.2) is 54.6 Å². The first-order valence-electron chi connectivity index (χ1n) is 7.64. The number of nitrogens with one attached hydrogen (secondary N) is 1. The van der Waals surface area contributed by atoms with Gasteiger partial charge in [-0.3, -0.25) is 10.1 Å². The Hall–Kier alpha value is -2.82. The highest BCUT2D eigenvalue weighted by atomic mass is 16.6. The molecule has 5 heteroatoms. The van der Waals surface area contributed by atoms with Gasteiger partial charge in [0.2, 0.25) is 0 Å². The van der Waals surface area contributed by atoms with Gasteiger partial charge < -0.3 is 10.4 Å². The zero-order valence-corrected chi connectivity index (χ0v) is 12.3. The van der Waals surface area contributed by atoms with Crippen molar-refractivity contribution in [3.8, 4) is 5.75 Å². The third-order valence-corrected chi connectivity index (χ3v) is 4.80. The Morgan fingerprint density at radius 2 is 2.00 bits per heavy atom. The smallest absolute Gasteiger partial charge is 0.273 e. The van der Waals surface area contributed by atoms with Crippen molar-refractivity contribution in [3.63, 3.8) is 0 Å². The molecule has 23 heavy (non-hydrogen) atoms. The number of benzene rings is 2. The van der Waals surface area contributed by atoms with Gasteiger partial charge in [0, 0.05) is 12.0 Å². The maximum atomic E-state index is 11.1. The lowest BCUT2D eigenvalue weighted by Gasteiger charge is -2.37. The topological polar surface area (TPSA) is 75.4 Å². The molecule has 0 spiro atoms. The molecule has 0 saturated carbocycles. The SMILES string of the molecule is O=[N+]([O-])c1cc(O)c2c(c1)C1C=CCC1C(c1ccccc1)N2. The molecular weight excluding hydrogens is 292 g/mol. The number of nitro benzene ring substituents is 1. The Balaban J connectivity index is 1.84. The predicted molar refractivity (Wildman–Crippen MR) is 87.6 cm³/mol. The molecule has 0 amide bonds. The zero-order chi connectivity index (χ0) is 16.0. The van der Waals surface area contributed by atoms with Crippen molar-refractivity contribution in [1.82, 2.24) is 0 Å². The summed E-state index contributed by atoms with van der Waals surface area (Å²) < 4.78 is 0. The minimum absolute atomic E-state index is 0.0612. The van der Waals surface area contributed by atoms with Gasteiger partial charge in [-0.2, -0.15) is 0 Å². The number of non-ortho nitro benzene ring substituents is 1. The Morgan fingerprint density at radius 1 is 1.22 bits per heavy atom. The molecule has 0 radical (unpaired) electrons. The van der Waals surface area contributed by atoms with E-state index in [0.29, 0.717) is 11.6 Å². The highest BCUT2D eigenvalue weighted by Crippen LogP contribution is 2.52. The molecule has 5 nitrogen and oxygen atoms in total. The van der Waals surface area contributed by atoms with E-state index in [1.807, 2.05) is 18.2 Å². The minimum Gasteiger partial charge on any atom is -0.506 e. The third-order valence-electron chi connectivity index (χ3n) is 4.80. The predicted octanol–water partition coefficient (Wildman–Crippen LogP) is 4.13. The van der Waals surface area contributed by atoms with Gasteiger partial charge in [0.1, 0.15) is 5.75 Å². The van der Waals surface area contributed by atoms with Crippen LogP contribution < -0.4 is 5.32 Å². The maximum absolute atomic E-state index is 11.1. The lowest BCUT2D eigenvalue weighted by atomic mass is 9.77. The van der Waals surface area contributed by atoms with E-state index in [-0.39, 0.29) is 23.4 Å². The summed E-state index contributed by atoms with van der Waals surface area (Å²) in [7, 11) is 0. The van der Waals surface area contributed by atoms with Crippen molar-refractivity contribution in [3.05, 3.63) is 75.9 Å². The second kappa shape index (κ2) is 5.12. The van der Waals surface area contributed by atoms with Crippen LogP contribution >= 0.6 is 0 Å². The highest BCUT2D eigenvalue weighted by molar-refractivity contribution is 5.70. The van der Waals surface area contributed by atoms with Crippen LogP contribution in [0.4, 0.5) is 11.4 Å². The fourth-order valence-electron chi connectivity index (χ4n) is 3.76. The molecular formula is C18H16N2O3. The van der Waals surface area contributed by atoms with E-state index >= 15 is 0 Å². The van der Waals surface area contributed by atoms with E-state index in [0.717, 1.165) is 17.5 Å². The van der Waals surface area contributed by atoms with Crippen molar-refractivity contribution >= 4 is 11.4 Å². The second-order valence-electron chi connectivity index (χ2n) is 6.07. The Morgan fingerprint density at radius 3 is 2.74 bits per heavy atom. The van der Waals surface area contributed by atoms with Gasteiger partial charge in [-0.25, -0.2) is 0 Å². The summed E-state index contributed by atoms with van der Waals surface area (Å²) in [6.45, 7) is 0. The van der Waals surface area contributed by atoms with Gasteiger partial charge in [0.15, 0.2) is 0 Å². The minimum atomic E-state index is -0.461. The number of nitrogens with zero attached hydrogens (tertiary/aromatic N) is 1. The molecule has 4 rings (SSSR count). The van der Waals surface area contributed by atoms with Crippen LogP contribution in [-0.2, 0) is 0 Å². The van der Waals surface area contributed by atoms with Crippen LogP contribution in [0.3, 0.4) is 0 Å². The number of phenolic OH excluding ortho intramolecular Hbond substituents is 1. The largest absolute Gasteiger partial charge is 0.506 e. The number of fused-ring (bicyclic) bond motifs is 3. The molecule has 0 aromatic heterocycles. The Labute approximate surface area is 133 Å². The van der Waals surface area contributed by atoms with Crippen LogP contribution in [0, 0.1) is 16.0 Å². The second-order valence-corrected chi connectivity index (χ2v) is 6.07. The van der Waals surface area contributed by atoms with Crippen molar-refractivity contribution in [2.45, 2.75) is 18.4 Å². The first-order chi connectivity index (χ1) is 11.1.